The maximum absolute atomic E-state index is 10.6. The summed E-state index contributed by atoms with van der Waals surface area (Å²) >= 11 is 10.7. The Labute approximate surface area is 69.8 Å². The first kappa shape index (κ1) is 9.79. The van der Waals surface area contributed by atoms with Gasteiger partial charge < -0.3 is 4.74 Å². The highest BCUT2D eigenvalue weighted by Crippen LogP contribution is 2.07. The lowest BCUT2D eigenvalue weighted by molar-refractivity contribution is -0.136. The van der Waals surface area contributed by atoms with Crippen molar-refractivity contribution in [3.63, 3.8) is 0 Å². The standard InChI is InChI=1S/C6H8Cl2O2/c1-4(3-5(7)8)6(9)10-2/h3,5H,1-2H3. The van der Waals surface area contributed by atoms with E-state index in [1.165, 1.54) is 13.2 Å². The quantitative estimate of drug-likeness (QED) is 0.371. The minimum absolute atomic E-state index is 0.411. The normalized spacial score (nSPS) is 11.9. The number of halogens is 2. The molecule has 0 N–H and O–H groups in total. The summed E-state index contributed by atoms with van der Waals surface area (Å²) in [5, 5.41) is 0. The van der Waals surface area contributed by atoms with Crippen LogP contribution >= 0.6 is 23.2 Å². The van der Waals surface area contributed by atoms with Gasteiger partial charge in [-0.3, -0.25) is 0 Å². The summed E-state index contributed by atoms with van der Waals surface area (Å²) in [5.41, 5.74) is 0.414. The Morgan fingerprint density at radius 3 is 2.40 bits per heavy atom. The van der Waals surface area contributed by atoms with Crippen LogP contribution in [0.5, 0.6) is 0 Å². The summed E-state index contributed by atoms with van der Waals surface area (Å²) in [6, 6.07) is 0. The fourth-order valence-electron chi connectivity index (χ4n) is 0.418. The molecule has 0 radical (unpaired) electrons. The van der Waals surface area contributed by atoms with Gasteiger partial charge in [-0.05, 0) is 13.0 Å². The van der Waals surface area contributed by atoms with E-state index >= 15 is 0 Å². The fourth-order valence-corrected chi connectivity index (χ4v) is 0.796. The number of allylic oxidation sites excluding steroid dienone is 1. The maximum Gasteiger partial charge on any atom is 0.333 e. The first-order valence-electron chi connectivity index (χ1n) is 2.62. The minimum atomic E-state index is -0.654. The van der Waals surface area contributed by atoms with Crippen molar-refractivity contribution in [2.45, 2.75) is 11.8 Å². The number of carbonyl (C=O) groups excluding carboxylic acids is 1. The number of rotatable bonds is 2. The van der Waals surface area contributed by atoms with Gasteiger partial charge in [0.05, 0.1) is 7.11 Å². The molecule has 0 aliphatic carbocycles. The molecule has 0 rings (SSSR count). The first-order valence-corrected chi connectivity index (χ1v) is 3.50. The smallest absolute Gasteiger partial charge is 0.333 e. The van der Waals surface area contributed by atoms with Crippen molar-refractivity contribution in [3.8, 4) is 0 Å². The van der Waals surface area contributed by atoms with E-state index in [0.29, 0.717) is 5.57 Å². The van der Waals surface area contributed by atoms with Crippen molar-refractivity contribution < 1.29 is 9.53 Å². The second-order valence-corrected chi connectivity index (χ2v) is 2.84. The molecule has 0 aromatic heterocycles. The minimum Gasteiger partial charge on any atom is -0.466 e. The lowest BCUT2D eigenvalue weighted by Crippen LogP contribution is -2.02. The van der Waals surface area contributed by atoms with Crippen molar-refractivity contribution in [3.05, 3.63) is 11.6 Å². The third kappa shape index (κ3) is 3.75. The van der Waals surface area contributed by atoms with Crippen molar-refractivity contribution in [1.82, 2.24) is 0 Å². The summed E-state index contributed by atoms with van der Waals surface area (Å²) in [7, 11) is 1.30. The van der Waals surface area contributed by atoms with Crippen LogP contribution in [-0.4, -0.2) is 17.9 Å². The van der Waals surface area contributed by atoms with Gasteiger partial charge in [0.15, 0.2) is 0 Å². The van der Waals surface area contributed by atoms with Gasteiger partial charge in [-0.2, -0.15) is 0 Å². The molecule has 0 aromatic rings. The van der Waals surface area contributed by atoms with Gasteiger partial charge in [0.25, 0.3) is 0 Å². The Kier molecular flexibility index (Phi) is 4.49. The third-order valence-corrected chi connectivity index (χ3v) is 1.14. The van der Waals surface area contributed by atoms with E-state index in [1.807, 2.05) is 0 Å². The fraction of sp³-hybridized carbons (Fsp3) is 0.500. The number of hydrogen-bond donors (Lipinski definition) is 0. The zero-order chi connectivity index (χ0) is 8.15. The Balaban J connectivity index is 4.05. The second kappa shape index (κ2) is 4.58. The highest BCUT2D eigenvalue weighted by atomic mass is 35.5. The zero-order valence-electron chi connectivity index (χ0n) is 5.73. The summed E-state index contributed by atoms with van der Waals surface area (Å²) in [6.07, 6.45) is 1.41. The van der Waals surface area contributed by atoms with Gasteiger partial charge in [0, 0.05) is 5.57 Å². The number of hydrogen-bond acceptors (Lipinski definition) is 2. The van der Waals surface area contributed by atoms with Gasteiger partial charge in [-0.1, -0.05) is 0 Å². The van der Waals surface area contributed by atoms with Crippen molar-refractivity contribution in [2.24, 2.45) is 0 Å². The molecule has 0 spiro atoms. The molecule has 0 heterocycles. The van der Waals surface area contributed by atoms with Crippen LogP contribution in [0.4, 0.5) is 0 Å². The van der Waals surface area contributed by atoms with Gasteiger partial charge in [-0.15, -0.1) is 23.2 Å². The van der Waals surface area contributed by atoms with E-state index in [-0.39, 0.29) is 0 Å². The summed E-state index contributed by atoms with van der Waals surface area (Å²) in [6.45, 7) is 1.59. The van der Waals surface area contributed by atoms with E-state index < -0.39 is 10.8 Å². The van der Waals surface area contributed by atoms with Crippen LogP contribution < -0.4 is 0 Å². The topological polar surface area (TPSA) is 26.3 Å². The predicted molar refractivity (Wildman–Crippen MR) is 41.3 cm³/mol. The van der Waals surface area contributed by atoms with E-state index in [0.717, 1.165) is 0 Å². The average molecular weight is 183 g/mol. The molecule has 0 amide bonds. The molecule has 0 unspecified atom stereocenters. The monoisotopic (exact) mass is 182 g/mol. The van der Waals surface area contributed by atoms with Crippen LogP contribution in [0.2, 0.25) is 0 Å². The zero-order valence-corrected chi connectivity index (χ0v) is 7.24. The van der Waals surface area contributed by atoms with Gasteiger partial charge >= 0.3 is 5.97 Å². The van der Waals surface area contributed by atoms with Crippen molar-refractivity contribution >= 4 is 29.2 Å². The van der Waals surface area contributed by atoms with Crippen molar-refractivity contribution in [2.75, 3.05) is 7.11 Å². The van der Waals surface area contributed by atoms with Crippen LogP contribution in [0.1, 0.15) is 6.92 Å². The van der Waals surface area contributed by atoms with E-state index in [1.54, 1.807) is 6.92 Å². The molecule has 58 valence electrons. The number of alkyl halides is 2. The van der Waals surface area contributed by atoms with Gasteiger partial charge in [-0.25, -0.2) is 4.79 Å². The SMILES string of the molecule is COC(=O)C(C)=CC(Cl)Cl. The molecule has 0 saturated heterocycles. The van der Waals surface area contributed by atoms with Gasteiger partial charge in [0.2, 0.25) is 0 Å². The highest BCUT2D eigenvalue weighted by Gasteiger charge is 2.03. The van der Waals surface area contributed by atoms with E-state index in [4.69, 9.17) is 23.2 Å². The average Bonchev–Trinajstić information content (AvgIpc) is 1.85. The summed E-state index contributed by atoms with van der Waals surface area (Å²) in [4.78, 5) is 9.99. The van der Waals surface area contributed by atoms with E-state index in [2.05, 4.69) is 4.74 Å². The Bertz CT molecular complexity index is 152. The predicted octanol–water partition coefficient (Wildman–Crippen LogP) is 1.91. The largest absolute Gasteiger partial charge is 0.466 e. The summed E-state index contributed by atoms with van der Waals surface area (Å²) in [5.74, 6) is -0.411. The molecule has 4 heteroatoms. The maximum atomic E-state index is 10.6. The molecular formula is C6H8Cl2O2. The number of carbonyl (C=O) groups is 1. The number of ether oxygens (including phenoxy) is 1. The van der Waals surface area contributed by atoms with Crippen LogP contribution in [0.3, 0.4) is 0 Å². The lowest BCUT2D eigenvalue weighted by atomic mass is 10.3. The number of esters is 1. The van der Waals surface area contributed by atoms with E-state index in [9.17, 15) is 4.79 Å². The van der Waals surface area contributed by atoms with Crippen LogP contribution in [0.15, 0.2) is 11.6 Å². The molecule has 0 atom stereocenters. The van der Waals surface area contributed by atoms with Gasteiger partial charge in [0.1, 0.15) is 4.84 Å². The molecule has 0 aliphatic heterocycles. The van der Waals surface area contributed by atoms with Crippen molar-refractivity contribution in [1.29, 1.82) is 0 Å². The molecule has 0 fully saturated rings. The third-order valence-electron chi connectivity index (χ3n) is 0.883. The lowest BCUT2D eigenvalue weighted by Gasteiger charge is -1.97. The van der Waals surface area contributed by atoms with Crippen LogP contribution in [-0.2, 0) is 9.53 Å². The van der Waals surface area contributed by atoms with Crippen LogP contribution in [0, 0.1) is 0 Å². The Hall–Kier alpha value is -0.210. The molecule has 2 nitrogen and oxygen atoms in total. The second-order valence-electron chi connectivity index (χ2n) is 1.68. The molecule has 0 saturated carbocycles. The highest BCUT2D eigenvalue weighted by molar-refractivity contribution is 6.45. The molecule has 0 bridgehead atoms. The molecule has 0 aliphatic rings. The first-order chi connectivity index (χ1) is 4.57. The number of methoxy groups -OCH3 is 1. The Morgan fingerprint density at radius 1 is 1.60 bits per heavy atom. The van der Waals surface area contributed by atoms with Crippen LogP contribution in [0.25, 0.3) is 0 Å². The Morgan fingerprint density at radius 2 is 2.10 bits per heavy atom. The summed E-state index contributed by atoms with van der Waals surface area (Å²) < 4.78 is 4.39. The molecule has 10 heavy (non-hydrogen) atoms. The molecular weight excluding hydrogens is 175 g/mol. The molecule has 0 aromatic carbocycles.